The quantitative estimate of drug-likeness (QED) is 0.629. The minimum atomic E-state index is -1.29. The molecular weight excluding hydrogens is 352 g/mol. The van der Waals surface area contributed by atoms with Crippen molar-refractivity contribution in [2.45, 2.75) is 70.7 Å². The van der Waals surface area contributed by atoms with Crippen molar-refractivity contribution in [1.82, 2.24) is 0 Å². The van der Waals surface area contributed by atoms with E-state index >= 15 is 0 Å². The molecule has 6 rings (SSSR count). The summed E-state index contributed by atoms with van der Waals surface area (Å²) in [5.41, 5.74) is -3.22. The SMILES string of the molecule is C[C@@H]1COC2C1C13OC4OC(=O)CC45[C@H](C(C)(C)C)CC(OC1=O)C35[C@H]2O. The zero-order chi connectivity index (χ0) is 19.1. The predicted octanol–water partition coefficient (Wildman–Crippen LogP) is 1.02. The van der Waals surface area contributed by atoms with E-state index < -0.39 is 47.0 Å². The predicted molar refractivity (Wildman–Crippen MR) is 89.0 cm³/mol. The minimum absolute atomic E-state index is 0.0187. The molecule has 7 heteroatoms. The molecule has 148 valence electrons. The van der Waals surface area contributed by atoms with E-state index in [0.717, 1.165) is 0 Å². The average Bonchev–Trinajstić information content (AvgIpc) is 3.28. The zero-order valence-electron chi connectivity index (χ0n) is 16.1. The van der Waals surface area contributed by atoms with Crippen LogP contribution >= 0.6 is 0 Å². The lowest BCUT2D eigenvalue weighted by Gasteiger charge is -2.46. The number of carbonyl (C=O) groups is 2. The molecule has 0 aromatic carbocycles. The van der Waals surface area contributed by atoms with Gasteiger partial charge in [-0.1, -0.05) is 27.7 Å². The Morgan fingerprint density at radius 3 is 2.63 bits per heavy atom. The Morgan fingerprint density at radius 1 is 1.19 bits per heavy atom. The van der Waals surface area contributed by atoms with Crippen LogP contribution in [0.3, 0.4) is 0 Å². The van der Waals surface area contributed by atoms with Gasteiger partial charge in [0, 0.05) is 5.92 Å². The molecule has 27 heavy (non-hydrogen) atoms. The van der Waals surface area contributed by atoms with Gasteiger partial charge in [-0.15, -0.1) is 0 Å². The van der Waals surface area contributed by atoms with Crippen LogP contribution in [0.15, 0.2) is 0 Å². The first-order valence-electron chi connectivity index (χ1n) is 10.0. The minimum Gasteiger partial charge on any atom is -0.459 e. The first-order chi connectivity index (χ1) is 12.6. The molecule has 7 unspecified atom stereocenters. The molecule has 6 fully saturated rings. The van der Waals surface area contributed by atoms with Gasteiger partial charge < -0.3 is 24.1 Å². The van der Waals surface area contributed by atoms with Crippen molar-refractivity contribution in [2.24, 2.45) is 34.0 Å². The molecule has 4 heterocycles. The van der Waals surface area contributed by atoms with Crippen LogP contribution < -0.4 is 0 Å². The highest BCUT2D eigenvalue weighted by Crippen LogP contribution is 2.83. The molecular formula is C20H26O7. The largest absolute Gasteiger partial charge is 0.459 e. The second-order valence-corrected chi connectivity index (χ2v) is 10.6. The first kappa shape index (κ1) is 16.7. The summed E-state index contributed by atoms with van der Waals surface area (Å²) in [6.45, 7) is 8.90. The molecule has 0 amide bonds. The fourth-order valence-electron chi connectivity index (χ4n) is 8.25. The molecule has 1 N–H and O–H groups in total. The number of hydrogen-bond donors (Lipinski definition) is 1. The number of ether oxygens (including phenoxy) is 4. The lowest BCUT2D eigenvalue weighted by atomic mass is 9.52. The average molecular weight is 378 g/mol. The smallest absolute Gasteiger partial charge is 0.340 e. The Bertz CT molecular complexity index is 773. The van der Waals surface area contributed by atoms with E-state index in [-0.39, 0.29) is 35.6 Å². The second kappa shape index (κ2) is 4.36. The van der Waals surface area contributed by atoms with Gasteiger partial charge >= 0.3 is 11.9 Å². The van der Waals surface area contributed by atoms with Crippen LogP contribution in [0, 0.1) is 34.0 Å². The lowest BCUT2D eigenvalue weighted by molar-refractivity contribution is -0.207. The summed E-state index contributed by atoms with van der Waals surface area (Å²) < 4.78 is 24.0. The number of esters is 2. The lowest BCUT2D eigenvalue weighted by Crippen LogP contribution is -2.59. The van der Waals surface area contributed by atoms with Gasteiger partial charge in [0.25, 0.3) is 0 Å². The highest BCUT2D eigenvalue weighted by molar-refractivity contribution is 5.89. The van der Waals surface area contributed by atoms with Crippen LogP contribution in [0.4, 0.5) is 0 Å². The van der Waals surface area contributed by atoms with Crippen molar-refractivity contribution in [2.75, 3.05) is 6.61 Å². The molecule has 0 radical (unpaired) electrons. The van der Waals surface area contributed by atoms with E-state index in [1.54, 1.807) is 0 Å². The fourth-order valence-corrected chi connectivity index (χ4v) is 8.25. The van der Waals surface area contributed by atoms with Gasteiger partial charge in [0.1, 0.15) is 6.10 Å². The third kappa shape index (κ3) is 1.35. The first-order valence-corrected chi connectivity index (χ1v) is 10.0. The van der Waals surface area contributed by atoms with Crippen molar-refractivity contribution >= 4 is 11.9 Å². The van der Waals surface area contributed by atoms with Crippen molar-refractivity contribution in [3.8, 4) is 0 Å². The molecule has 2 aliphatic carbocycles. The Kier molecular flexibility index (Phi) is 2.71. The fraction of sp³-hybridized carbons (Fsp3) is 0.900. The number of aliphatic hydroxyl groups is 1. The van der Waals surface area contributed by atoms with Crippen molar-refractivity contribution in [1.29, 1.82) is 0 Å². The summed E-state index contributed by atoms with van der Waals surface area (Å²) >= 11 is 0. The molecule has 7 nitrogen and oxygen atoms in total. The summed E-state index contributed by atoms with van der Waals surface area (Å²) in [6.07, 6.45) is -1.92. The van der Waals surface area contributed by atoms with E-state index in [9.17, 15) is 14.7 Å². The van der Waals surface area contributed by atoms with Crippen LogP contribution in [-0.2, 0) is 28.5 Å². The molecule has 2 spiro atoms. The number of hydrogen-bond acceptors (Lipinski definition) is 7. The van der Waals surface area contributed by atoms with E-state index in [1.807, 2.05) is 6.92 Å². The van der Waals surface area contributed by atoms with Crippen molar-refractivity contribution < 1.29 is 33.6 Å². The van der Waals surface area contributed by atoms with Crippen LogP contribution in [0.25, 0.3) is 0 Å². The zero-order valence-corrected chi connectivity index (χ0v) is 16.1. The molecule has 10 atom stereocenters. The third-order valence-corrected chi connectivity index (χ3v) is 8.72. The number of aliphatic hydroxyl groups excluding tert-OH is 1. The second-order valence-electron chi connectivity index (χ2n) is 10.6. The van der Waals surface area contributed by atoms with Gasteiger partial charge in [0.15, 0.2) is 5.60 Å². The topological polar surface area (TPSA) is 91.3 Å². The number of carbonyl (C=O) groups excluding carboxylic acids is 2. The van der Waals surface area contributed by atoms with Gasteiger partial charge in [-0.3, -0.25) is 4.79 Å². The molecule has 2 saturated carbocycles. The van der Waals surface area contributed by atoms with E-state index in [2.05, 4.69) is 20.8 Å². The number of rotatable bonds is 0. The van der Waals surface area contributed by atoms with Crippen molar-refractivity contribution in [3.05, 3.63) is 0 Å². The maximum Gasteiger partial charge on any atom is 0.340 e. The van der Waals surface area contributed by atoms with Gasteiger partial charge in [0.05, 0.1) is 36.1 Å². The summed E-state index contributed by atoms with van der Waals surface area (Å²) in [5.74, 6) is -0.949. The summed E-state index contributed by atoms with van der Waals surface area (Å²) in [7, 11) is 0. The van der Waals surface area contributed by atoms with Gasteiger partial charge in [-0.2, -0.15) is 0 Å². The highest BCUT2D eigenvalue weighted by atomic mass is 16.7. The maximum absolute atomic E-state index is 13.3. The summed E-state index contributed by atoms with van der Waals surface area (Å²) in [4.78, 5) is 25.7. The van der Waals surface area contributed by atoms with E-state index in [1.165, 1.54) is 0 Å². The normalized spacial score (nSPS) is 60.1. The summed E-state index contributed by atoms with van der Waals surface area (Å²) in [5, 5.41) is 11.6. The molecule has 0 aromatic rings. The Labute approximate surface area is 157 Å². The molecule has 0 bridgehead atoms. The highest BCUT2D eigenvalue weighted by Gasteiger charge is 2.97. The van der Waals surface area contributed by atoms with Crippen LogP contribution in [0.5, 0.6) is 0 Å². The summed E-state index contributed by atoms with van der Waals surface area (Å²) in [6, 6.07) is 0. The van der Waals surface area contributed by atoms with Gasteiger partial charge in [-0.25, -0.2) is 4.79 Å². The number of fused-ring (bicyclic) bond motifs is 1. The Hall–Kier alpha value is -1.18. The van der Waals surface area contributed by atoms with E-state index in [0.29, 0.717) is 13.0 Å². The van der Waals surface area contributed by atoms with Crippen LogP contribution in [-0.4, -0.2) is 53.9 Å². The van der Waals surface area contributed by atoms with Gasteiger partial charge in [-0.05, 0) is 23.7 Å². The third-order valence-electron chi connectivity index (χ3n) is 8.72. The maximum atomic E-state index is 13.3. The molecule has 0 aromatic heterocycles. The van der Waals surface area contributed by atoms with E-state index in [4.69, 9.17) is 18.9 Å². The van der Waals surface area contributed by atoms with Crippen LogP contribution in [0.2, 0.25) is 0 Å². The Morgan fingerprint density at radius 2 is 1.93 bits per heavy atom. The monoisotopic (exact) mass is 378 g/mol. The molecule has 4 saturated heterocycles. The molecule has 6 aliphatic rings. The van der Waals surface area contributed by atoms with Gasteiger partial charge in [0.2, 0.25) is 6.29 Å². The van der Waals surface area contributed by atoms with Crippen molar-refractivity contribution in [3.63, 3.8) is 0 Å². The Balaban J connectivity index is 1.67. The van der Waals surface area contributed by atoms with Crippen LogP contribution in [0.1, 0.15) is 40.5 Å². The standard InChI is InChI=1S/C20H26O7/c1-8-7-24-13-12(8)20-15(23)25-10-5-9(17(2,3)4)18(19(10,20)14(13)22)6-11(21)26-16(18)27-20/h8-10,12-14,16,22H,5-7H2,1-4H3/t8-,9+,10?,12?,13?,14+,16?,18?,19?,20?/m1/s1. The molecule has 4 aliphatic heterocycles.